The highest BCUT2D eigenvalue weighted by molar-refractivity contribution is 8.17. The van der Waals surface area contributed by atoms with Crippen molar-refractivity contribution in [3.63, 3.8) is 0 Å². The molecule has 5 nitrogen and oxygen atoms in total. The van der Waals surface area contributed by atoms with Gasteiger partial charge in [-0.1, -0.05) is 18.3 Å². The van der Waals surface area contributed by atoms with E-state index in [2.05, 4.69) is 16.9 Å². The Morgan fingerprint density at radius 2 is 2.44 bits per heavy atom. The second kappa shape index (κ2) is 4.75. The first-order valence-electron chi connectivity index (χ1n) is 5.20. The molecule has 0 saturated carbocycles. The van der Waals surface area contributed by atoms with Crippen LogP contribution in [0, 0.1) is 0 Å². The van der Waals surface area contributed by atoms with Gasteiger partial charge >= 0.3 is 0 Å². The number of nitrogens with zero attached hydrogens (tertiary/aromatic N) is 1. The van der Waals surface area contributed by atoms with Gasteiger partial charge in [0.25, 0.3) is 0 Å². The monoisotopic (exact) mass is 244 g/mol. The fraction of sp³-hybridized carbons (Fsp3) is 0.700. The van der Waals surface area contributed by atoms with E-state index in [1.165, 1.54) is 11.8 Å². The third kappa shape index (κ3) is 2.10. The van der Waals surface area contributed by atoms with Crippen LogP contribution in [0.1, 0.15) is 6.42 Å². The van der Waals surface area contributed by atoms with Gasteiger partial charge in [-0.3, -0.25) is 4.99 Å². The number of hydrogen-bond donors (Lipinski definition) is 3. The van der Waals surface area contributed by atoms with Crippen molar-refractivity contribution >= 4 is 16.9 Å². The summed E-state index contributed by atoms with van der Waals surface area (Å²) in [6.07, 6.45) is -0.793. The summed E-state index contributed by atoms with van der Waals surface area (Å²) in [5.74, 6) is 0. The molecule has 90 valence electrons. The lowest BCUT2D eigenvalue weighted by atomic mass is 9.96. The van der Waals surface area contributed by atoms with E-state index < -0.39 is 12.2 Å². The van der Waals surface area contributed by atoms with Crippen LogP contribution in [0.5, 0.6) is 0 Å². The van der Waals surface area contributed by atoms with Gasteiger partial charge in [-0.15, -0.1) is 0 Å². The van der Waals surface area contributed by atoms with Crippen LogP contribution < -0.4 is 5.32 Å². The number of aliphatic imine (C=N–C) groups is 1. The number of aliphatic hydroxyl groups excluding tert-OH is 2. The molecule has 4 atom stereocenters. The molecule has 6 heteroatoms. The summed E-state index contributed by atoms with van der Waals surface area (Å²) in [5.41, 5.74) is 0. The van der Waals surface area contributed by atoms with Crippen molar-refractivity contribution < 1.29 is 14.9 Å². The Balaban J connectivity index is 2.12. The summed E-state index contributed by atoms with van der Waals surface area (Å²) >= 11 is 1.44. The number of nitrogens with one attached hydrogen (secondary N) is 1. The highest BCUT2D eigenvalue weighted by Gasteiger charge is 2.41. The number of aliphatic hydroxyl groups is 2. The molecular formula is C10H16N2O3S. The molecule has 1 unspecified atom stereocenters. The van der Waals surface area contributed by atoms with Crippen LogP contribution in [0.25, 0.3) is 0 Å². The number of amidine groups is 1. The Labute approximate surface area is 98.6 Å². The number of rotatable bonds is 1. The van der Waals surface area contributed by atoms with Gasteiger partial charge in [0.2, 0.25) is 0 Å². The van der Waals surface area contributed by atoms with Crippen molar-refractivity contribution in [1.29, 1.82) is 0 Å². The van der Waals surface area contributed by atoms with Gasteiger partial charge in [0, 0.05) is 12.0 Å². The van der Waals surface area contributed by atoms with Crippen LogP contribution in [0.3, 0.4) is 0 Å². The third-order valence-corrected chi connectivity index (χ3v) is 3.84. The summed E-state index contributed by atoms with van der Waals surface area (Å²) < 4.78 is 5.62. The van der Waals surface area contributed by atoms with Crippen molar-refractivity contribution in [2.75, 3.05) is 13.7 Å². The van der Waals surface area contributed by atoms with Crippen molar-refractivity contribution in [2.45, 2.75) is 30.8 Å². The molecule has 0 aromatic heterocycles. The van der Waals surface area contributed by atoms with E-state index in [4.69, 9.17) is 9.84 Å². The lowest BCUT2D eigenvalue weighted by Crippen LogP contribution is -2.57. The normalized spacial score (nSPS) is 41.7. The molecule has 2 rings (SSSR count). The molecule has 0 spiro atoms. The maximum absolute atomic E-state index is 9.75. The lowest BCUT2D eigenvalue weighted by molar-refractivity contribution is -0.130. The zero-order chi connectivity index (χ0) is 11.7. The van der Waals surface area contributed by atoms with Gasteiger partial charge in [-0.2, -0.15) is 0 Å². The molecule has 2 saturated heterocycles. The molecule has 3 N–H and O–H groups in total. The molecule has 0 amide bonds. The van der Waals surface area contributed by atoms with E-state index in [-0.39, 0.29) is 18.8 Å². The topological polar surface area (TPSA) is 74.1 Å². The van der Waals surface area contributed by atoms with Crippen LogP contribution in [-0.4, -0.2) is 53.4 Å². The molecular weight excluding hydrogens is 228 g/mol. The third-order valence-electron chi connectivity index (χ3n) is 2.85. The van der Waals surface area contributed by atoms with Crippen molar-refractivity contribution in [1.82, 2.24) is 5.32 Å². The van der Waals surface area contributed by atoms with E-state index in [1.807, 2.05) is 0 Å². The van der Waals surface area contributed by atoms with E-state index in [0.717, 1.165) is 10.1 Å². The molecule has 2 aliphatic heterocycles. The minimum atomic E-state index is -0.646. The fourth-order valence-electron chi connectivity index (χ4n) is 1.99. The first-order valence-corrected chi connectivity index (χ1v) is 6.01. The van der Waals surface area contributed by atoms with Crippen LogP contribution in [0.2, 0.25) is 0 Å². The summed E-state index contributed by atoms with van der Waals surface area (Å²) in [6.45, 7) is 3.77. The largest absolute Gasteiger partial charge is 0.394 e. The van der Waals surface area contributed by atoms with E-state index >= 15 is 0 Å². The van der Waals surface area contributed by atoms with Gasteiger partial charge in [-0.25, -0.2) is 0 Å². The zero-order valence-corrected chi connectivity index (χ0v) is 9.91. The average molecular weight is 244 g/mol. The molecule has 0 aliphatic carbocycles. The predicted octanol–water partition coefficient (Wildman–Crippen LogP) is -0.298. The van der Waals surface area contributed by atoms with Crippen LogP contribution in [0.4, 0.5) is 0 Å². The molecule has 2 aliphatic rings. The highest BCUT2D eigenvalue weighted by Crippen LogP contribution is 2.34. The Morgan fingerprint density at radius 3 is 3.06 bits per heavy atom. The zero-order valence-electron chi connectivity index (χ0n) is 9.09. The predicted molar refractivity (Wildman–Crippen MR) is 63.4 cm³/mol. The number of fused-ring (bicyclic) bond motifs is 1. The molecule has 2 fully saturated rings. The van der Waals surface area contributed by atoms with Gasteiger partial charge in [0.15, 0.2) is 5.17 Å². The van der Waals surface area contributed by atoms with Gasteiger partial charge < -0.3 is 20.3 Å². The maximum Gasteiger partial charge on any atom is 0.161 e. The standard InChI is InChI=1S/C10H16N2O3S/c1-5-9-6(12-10(11-2)16-5)3-7(14)8(4-13)15-9/h6-9,13-14H,1,3-4H2,2H3,(H,11,12)/t6-,7+,8?,9-/m1/s1. The molecule has 0 aromatic rings. The number of ether oxygens (including phenoxy) is 1. The van der Waals surface area contributed by atoms with Crippen molar-refractivity contribution in [3.8, 4) is 0 Å². The summed E-state index contributed by atoms with van der Waals surface area (Å²) in [6, 6.07) is -0.00903. The molecule has 0 radical (unpaired) electrons. The van der Waals surface area contributed by atoms with E-state index in [1.54, 1.807) is 7.05 Å². The summed E-state index contributed by atoms with van der Waals surface area (Å²) in [4.78, 5) is 4.94. The lowest BCUT2D eigenvalue weighted by Gasteiger charge is -2.43. The Kier molecular flexibility index (Phi) is 3.53. The summed E-state index contributed by atoms with van der Waals surface area (Å²) in [7, 11) is 1.71. The minimum absolute atomic E-state index is 0.00903. The number of thioether (sulfide) groups is 1. The number of hydrogen-bond acceptors (Lipinski definition) is 5. The van der Waals surface area contributed by atoms with Crippen molar-refractivity contribution in [2.24, 2.45) is 4.99 Å². The molecule has 0 aromatic carbocycles. The van der Waals surface area contributed by atoms with E-state index in [9.17, 15) is 5.11 Å². The minimum Gasteiger partial charge on any atom is -0.394 e. The summed E-state index contributed by atoms with van der Waals surface area (Å²) in [5, 5.41) is 22.8. The Morgan fingerprint density at radius 1 is 1.69 bits per heavy atom. The van der Waals surface area contributed by atoms with Crippen molar-refractivity contribution in [3.05, 3.63) is 11.5 Å². The highest BCUT2D eigenvalue weighted by atomic mass is 32.2. The first-order chi connectivity index (χ1) is 7.65. The Hall–Kier alpha value is -0.560. The molecule has 16 heavy (non-hydrogen) atoms. The van der Waals surface area contributed by atoms with Gasteiger partial charge in [-0.05, 0) is 6.42 Å². The van der Waals surface area contributed by atoms with Crippen LogP contribution in [0.15, 0.2) is 16.5 Å². The Bertz CT molecular complexity index is 321. The van der Waals surface area contributed by atoms with Crippen LogP contribution >= 0.6 is 11.8 Å². The second-order valence-corrected chi connectivity index (χ2v) is 5.04. The molecule has 2 heterocycles. The van der Waals surface area contributed by atoms with E-state index in [0.29, 0.717) is 6.42 Å². The quantitative estimate of drug-likeness (QED) is 0.590. The van der Waals surface area contributed by atoms with Crippen LogP contribution in [-0.2, 0) is 4.74 Å². The second-order valence-electron chi connectivity index (χ2n) is 3.93. The van der Waals surface area contributed by atoms with Gasteiger partial charge in [0.05, 0.1) is 18.8 Å². The molecule has 0 bridgehead atoms. The average Bonchev–Trinajstić information content (AvgIpc) is 2.28. The SMILES string of the molecule is C=C1SC(=NC)N[C@@H]2C[C@H](O)C(CO)O[C@H]12. The maximum atomic E-state index is 9.75. The van der Waals surface area contributed by atoms with Gasteiger partial charge in [0.1, 0.15) is 12.2 Å². The smallest absolute Gasteiger partial charge is 0.161 e. The fourth-order valence-corrected chi connectivity index (χ4v) is 2.88. The first kappa shape index (κ1) is 11.9.